The minimum atomic E-state index is -0.735. The van der Waals surface area contributed by atoms with Crippen molar-refractivity contribution < 1.29 is 9.18 Å². The van der Waals surface area contributed by atoms with Crippen molar-refractivity contribution in [2.45, 2.75) is 38.5 Å². The van der Waals surface area contributed by atoms with Crippen LogP contribution < -0.4 is 4.90 Å². The molecule has 124 valence electrons. The Morgan fingerprint density at radius 3 is 2.62 bits per heavy atom. The predicted octanol–water partition coefficient (Wildman–Crippen LogP) is 4.40. The summed E-state index contributed by atoms with van der Waals surface area (Å²) in [5, 5.41) is 0. The number of anilines is 1. The number of fused-ring (bicyclic) bond motifs is 2. The minimum Gasteiger partial charge on any atom is -0.372 e. The molecule has 1 fully saturated rings. The summed E-state index contributed by atoms with van der Waals surface area (Å²) in [6.07, 6.45) is 6.43. The third kappa shape index (κ3) is 2.32. The number of carbonyl (C=O) groups is 1. The number of ketones is 1. The van der Waals surface area contributed by atoms with E-state index in [9.17, 15) is 9.18 Å². The average molecular weight is 324 g/mol. The molecule has 2 heterocycles. The molecule has 1 aliphatic carbocycles. The maximum absolute atomic E-state index is 13.7. The topological polar surface area (TPSA) is 32.7 Å². The molecule has 1 aromatic rings. The number of aliphatic imine (C=N–C) groups is 1. The van der Waals surface area contributed by atoms with Crippen LogP contribution in [0.15, 0.2) is 46.7 Å². The molecule has 0 radical (unpaired) electrons. The summed E-state index contributed by atoms with van der Waals surface area (Å²) in [6, 6.07) is 6.32. The molecular formula is C20H21FN2O. The predicted molar refractivity (Wildman–Crippen MR) is 94.9 cm³/mol. The molecule has 0 N–H and O–H groups in total. The molecule has 2 aliphatic heterocycles. The van der Waals surface area contributed by atoms with Gasteiger partial charge in [-0.05, 0) is 54.7 Å². The second-order valence-electron chi connectivity index (χ2n) is 7.29. The van der Waals surface area contributed by atoms with Crippen LogP contribution in [-0.2, 0) is 10.2 Å². The Morgan fingerprint density at radius 1 is 1.12 bits per heavy atom. The van der Waals surface area contributed by atoms with Crippen LogP contribution >= 0.6 is 0 Å². The van der Waals surface area contributed by atoms with Crippen LogP contribution in [0.1, 0.15) is 38.7 Å². The van der Waals surface area contributed by atoms with Gasteiger partial charge in [0.1, 0.15) is 0 Å². The molecule has 24 heavy (non-hydrogen) atoms. The van der Waals surface area contributed by atoms with Gasteiger partial charge >= 0.3 is 0 Å². The molecule has 0 bridgehead atoms. The van der Waals surface area contributed by atoms with Crippen LogP contribution in [-0.4, -0.2) is 24.6 Å². The summed E-state index contributed by atoms with van der Waals surface area (Å²) in [6.45, 7) is 6.33. The Labute approximate surface area is 141 Å². The highest BCUT2D eigenvalue weighted by Crippen LogP contribution is 2.45. The molecule has 3 nitrogen and oxygen atoms in total. The minimum absolute atomic E-state index is 0.370. The Morgan fingerprint density at radius 2 is 1.88 bits per heavy atom. The van der Waals surface area contributed by atoms with E-state index in [1.54, 1.807) is 0 Å². The fourth-order valence-corrected chi connectivity index (χ4v) is 3.88. The monoisotopic (exact) mass is 324 g/mol. The molecule has 0 spiro atoms. The lowest BCUT2D eigenvalue weighted by molar-refractivity contribution is -0.112. The third-order valence-electron chi connectivity index (χ3n) is 5.34. The highest BCUT2D eigenvalue weighted by Gasteiger charge is 2.37. The van der Waals surface area contributed by atoms with Crippen molar-refractivity contribution in [3.8, 4) is 0 Å². The number of halogens is 1. The third-order valence-corrected chi connectivity index (χ3v) is 5.34. The van der Waals surface area contributed by atoms with Gasteiger partial charge in [-0.1, -0.05) is 13.8 Å². The second-order valence-corrected chi connectivity index (χ2v) is 7.29. The molecule has 4 heteroatoms. The maximum Gasteiger partial charge on any atom is 0.214 e. The molecule has 0 aromatic heterocycles. The van der Waals surface area contributed by atoms with E-state index >= 15 is 0 Å². The van der Waals surface area contributed by atoms with Gasteiger partial charge in [-0.2, -0.15) is 0 Å². The van der Waals surface area contributed by atoms with E-state index in [1.807, 2.05) is 6.07 Å². The van der Waals surface area contributed by atoms with Crippen molar-refractivity contribution in [2.75, 3.05) is 18.0 Å². The van der Waals surface area contributed by atoms with Crippen LogP contribution in [0, 0.1) is 0 Å². The molecule has 0 unspecified atom stereocenters. The average Bonchev–Trinajstić information content (AvgIpc) is 2.58. The number of hydrogen-bond donors (Lipinski definition) is 0. The Bertz CT molecular complexity index is 811. The van der Waals surface area contributed by atoms with Crippen molar-refractivity contribution in [1.82, 2.24) is 0 Å². The zero-order valence-corrected chi connectivity index (χ0v) is 14.1. The molecule has 1 saturated heterocycles. The standard InChI is InChI=1S/C20H21FN2O/c1-20(2)14-10-13(23-8-4-3-5-9-23)6-7-17(14)22-18-12-16(21)19(24)11-15(18)20/h6-7,10-12H,3-5,8-9H2,1-2H3. The van der Waals surface area contributed by atoms with Gasteiger partial charge in [-0.15, -0.1) is 0 Å². The van der Waals surface area contributed by atoms with Crippen LogP contribution in [0.3, 0.4) is 0 Å². The van der Waals surface area contributed by atoms with Gasteiger partial charge in [0.05, 0.1) is 11.4 Å². The molecule has 1 aromatic carbocycles. The fraction of sp³-hybridized carbons (Fsp3) is 0.400. The summed E-state index contributed by atoms with van der Waals surface area (Å²) >= 11 is 0. The molecule has 3 aliphatic rings. The summed E-state index contributed by atoms with van der Waals surface area (Å²) in [5.74, 6) is -1.30. The first-order valence-electron chi connectivity index (χ1n) is 8.59. The molecular weight excluding hydrogens is 303 g/mol. The second kappa shape index (κ2) is 5.40. The van der Waals surface area contributed by atoms with Crippen molar-refractivity contribution >= 4 is 22.9 Å². The Hall–Kier alpha value is -2.23. The van der Waals surface area contributed by atoms with Gasteiger partial charge in [0, 0.05) is 30.3 Å². The number of hydrogen-bond acceptors (Lipinski definition) is 3. The largest absolute Gasteiger partial charge is 0.372 e. The van der Waals surface area contributed by atoms with Gasteiger partial charge < -0.3 is 4.90 Å². The first-order chi connectivity index (χ1) is 11.5. The van der Waals surface area contributed by atoms with Gasteiger partial charge in [0.25, 0.3) is 0 Å². The fourth-order valence-electron chi connectivity index (χ4n) is 3.88. The summed E-state index contributed by atoms with van der Waals surface area (Å²) in [5.41, 5.74) is 4.18. The summed E-state index contributed by atoms with van der Waals surface area (Å²) in [4.78, 5) is 18.8. The van der Waals surface area contributed by atoms with E-state index in [4.69, 9.17) is 0 Å². The van der Waals surface area contributed by atoms with Gasteiger partial charge in [0.15, 0.2) is 5.83 Å². The molecule has 4 rings (SSSR count). The van der Waals surface area contributed by atoms with E-state index in [1.165, 1.54) is 37.1 Å². The van der Waals surface area contributed by atoms with E-state index in [0.717, 1.165) is 29.9 Å². The number of carbonyl (C=O) groups excluding carboxylic acids is 1. The summed E-state index contributed by atoms with van der Waals surface area (Å²) in [7, 11) is 0. The maximum atomic E-state index is 13.7. The molecule has 0 saturated carbocycles. The van der Waals surface area contributed by atoms with Crippen LogP contribution in [0.25, 0.3) is 0 Å². The molecule has 0 amide bonds. The Balaban J connectivity index is 1.82. The van der Waals surface area contributed by atoms with Crippen molar-refractivity contribution in [3.63, 3.8) is 0 Å². The van der Waals surface area contributed by atoms with Crippen molar-refractivity contribution in [1.29, 1.82) is 0 Å². The van der Waals surface area contributed by atoms with E-state index in [0.29, 0.717) is 5.71 Å². The lowest BCUT2D eigenvalue weighted by Crippen LogP contribution is -2.33. The van der Waals surface area contributed by atoms with Crippen LogP contribution in [0.4, 0.5) is 15.8 Å². The number of benzene rings is 1. The van der Waals surface area contributed by atoms with Gasteiger partial charge in [-0.3, -0.25) is 4.79 Å². The van der Waals surface area contributed by atoms with Crippen molar-refractivity contribution in [3.05, 3.63) is 47.3 Å². The first-order valence-corrected chi connectivity index (χ1v) is 8.59. The molecule has 0 atom stereocenters. The normalized spacial score (nSPS) is 22.2. The first kappa shape index (κ1) is 15.3. The van der Waals surface area contributed by atoms with Crippen molar-refractivity contribution in [2.24, 2.45) is 4.99 Å². The smallest absolute Gasteiger partial charge is 0.214 e. The highest BCUT2D eigenvalue weighted by molar-refractivity contribution is 6.23. The summed E-state index contributed by atoms with van der Waals surface area (Å²) < 4.78 is 13.7. The quantitative estimate of drug-likeness (QED) is 0.717. The van der Waals surface area contributed by atoms with Gasteiger partial charge in [-0.25, -0.2) is 9.38 Å². The van der Waals surface area contributed by atoms with E-state index < -0.39 is 11.6 Å². The number of nitrogens with zero attached hydrogens (tertiary/aromatic N) is 2. The van der Waals surface area contributed by atoms with Crippen LogP contribution in [0.5, 0.6) is 0 Å². The lowest BCUT2D eigenvalue weighted by Gasteiger charge is -2.36. The number of allylic oxidation sites excluding steroid dienone is 4. The number of piperidine rings is 1. The Kier molecular flexibility index (Phi) is 3.44. The zero-order chi connectivity index (χ0) is 16.9. The van der Waals surface area contributed by atoms with E-state index in [-0.39, 0.29) is 5.41 Å². The van der Waals surface area contributed by atoms with E-state index in [2.05, 4.69) is 35.9 Å². The van der Waals surface area contributed by atoms with Gasteiger partial charge in [0.2, 0.25) is 5.78 Å². The highest BCUT2D eigenvalue weighted by atomic mass is 19.1. The number of rotatable bonds is 1. The SMILES string of the molecule is CC1(C)C2=CC(=O)C(F)=CC2=Nc2ccc(N3CCCCC3)cc21. The zero-order valence-electron chi connectivity index (χ0n) is 14.1. The lowest BCUT2D eigenvalue weighted by atomic mass is 9.71. The van der Waals surface area contributed by atoms with Crippen LogP contribution in [0.2, 0.25) is 0 Å².